The van der Waals surface area contributed by atoms with E-state index in [1.54, 1.807) is 13.8 Å². The summed E-state index contributed by atoms with van der Waals surface area (Å²) in [4.78, 5) is -0.0147. The highest BCUT2D eigenvalue weighted by Crippen LogP contribution is 2.24. The molecule has 0 aliphatic heterocycles. The molecular weight excluding hydrogens is 255 g/mol. The average molecular weight is 274 g/mol. The van der Waals surface area contributed by atoms with Crippen molar-refractivity contribution in [2.24, 2.45) is 5.73 Å². The highest BCUT2D eigenvalue weighted by atomic mass is 32.2. The van der Waals surface area contributed by atoms with Gasteiger partial charge in [-0.2, -0.15) is 4.31 Å². The van der Waals surface area contributed by atoms with Gasteiger partial charge in [-0.3, -0.25) is 0 Å². The molecule has 0 fully saturated rings. The Hall–Kier alpha value is -0.980. The molecule has 18 heavy (non-hydrogen) atoms. The third-order valence-electron chi connectivity index (χ3n) is 2.98. The van der Waals surface area contributed by atoms with Crippen LogP contribution in [0, 0.1) is 12.7 Å². The average Bonchev–Trinajstić information content (AvgIpc) is 2.30. The molecule has 0 bridgehead atoms. The van der Waals surface area contributed by atoms with Crippen LogP contribution in [0.15, 0.2) is 17.0 Å². The normalized spacial score (nSPS) is 12.4. The van der Waals surface area contributed by atoms with Gasteiger partial charge in [0.25, 0.3) is 0 Å². The van der Waals surface area contributed by atoms with Crippen LogP contribution < -0.4 is 5.73 Å². The second-order valence-corrected chi connectivity index (χ2v) is 6.49. The lowest BCUT2D eigenvalue weighted by molar-refractivity contribution is 0.409. The van der Waals surface area contributed by atoms with Crippen molar-refractivity contribution in [3.05, 3.63) is 29.1 Å². The van der Waals surface area contributed by atoms with Gasteiger partial charge in [-0.05, 0) is 38.5 Å². The largest absolute Gasteiger partial charge is 0.326 e. The fraction of sp³-hybridized carbons (Fsp3) is 0.500. The van der Waals surface area contributed by atoms with E-state index in [1.807, 2.05) is 0 Å². The van der Waals surface area contributed by atoms with E-state index in [4.69, 9.17) is 5.73 Å². The maximum Gasteiger partial charge on any atom is 0.243 e. The predicted octanol–water partition coefficient (Wildman–Crippen LogP) is 1.62. The summed E-state index contributed by atoms with van der Waals surface area (Å²) in [5, 5.41) is 0. The Bertz CT molecular complexity index is 541. The number of benzene rings is 1. The van der Waals surface area contributed by atoms with Gasteiger partial charge in [0.05, 0.1) is 4.90 Å². The minimum absolute atomic E-state index is 0.0147. The number of hydrogen-bond donors (Lipinski definition) is 1. The second kappa shape index (κ2) is 5.34. The molecule has 0 aromatic heterocycles. The number of nitrogens with zero attached hydrogens (tertiary/aromatic N) is 1. The topological polar surface area (TPSA) is 63.4 Å². The Morgan fingerprint density at radius 3 is 2.39 bits per heavy atom. The molecule has 0 heterocycles. The zero-order valence-electron chi connectivity index (χ0n) is 11.1. The Morgan fingerprint density at radius 2 is 1.94 bits per heavy atom. The summed E-state index contributed by atoms with van der Waals surface area (Å²) in [5.74, 6) is -0.548. The van der Waals surface area contributed by atoms with Gasteiger partial charge in [0, 0.05) is 25.2 Å². The fourth-order valence-corrected chi connectivity index (χ4v) is 3.18. The van der Waals surface area contributed by atoms with Gasteiger partial charge in [0.2, 0.25) is 10.0 Å². The number of nitrogens with two attached hydrogens (primary N) is 1. The Balaban J connectivity index is 3.45. The molecule has 0 saturated carbocycles. The molecule has 4 nitrogen and oxygen atoms in total. The summed E-state index contributed by atoms with van der Waals surface area (Å²) in [6, 6.07) is 2.51. The zero-order chi connectivity index (χ0) is 14.1. The maximum absolute atomic E-state index is 13.7. The van der Waals surface area contributed by atoms with Crippen molar-refractivity contribution in [1.82, 2.24) is 4.31 Å². The molecular formula is C12H19FN2O2S. The smallest absolute Gasteiger partial charge is 0.243 e. The van der Waals surface area contributed by atoms with E-state index in [1.165, 1.54) is 30.4 Å². The van der Waals surface area contributed by atoms with E-state index in [-0.39, 0.29) is 23.0 Å². The van der Waals surface area contributed by atoms with Crippen molar-refractivity contribution in [1.29, 1.82) is 0 Å². The monoisotopic (exact) mass is 274 g/mol. The molecule has 0 aliphatic rings. The van der Waals surface area contributed by atoms with Crippen molar-refractivity contribution in [3.8, 4) is 0 Å². The van der Waals surface area contributed by atoms with E-state index in [2.05, 4.69) is 0 Å². The van der Waals surface area contributed by atoms with E-state index in [9.17, 15) is 12.8 Å². The molecule has 6 heteroatoms. The standard InChI is InChI=1S/C12H19FN2O2S/c1-8(2)15(4)18(16,17)12-6-10(7-14)5-11(13)9(12)3/h5-6,8H,7,14H2,1-4H3. The number of halogens is 1. The van der Waals surface area contributed by atoms with E-state index in [0.717, 1.165) is 0 Å². The molecule has 0 radical (unpaired) electrons. The Morgan fingerprint density at radius 1 is 1.39 bits per heavy atom. The van der Waals surface area contributed by atoms with Crippen molar-refractivity contribution >= 4 is 10.0 Å². The molecule has 0 atom stereocenters. The minimum atomic E-state index is -3.69. The maximum atomic E-state index is 13.7. The molecule has 0 aliphatic carbocycles. The van der Waals surface area contributed by atoms with Crippen LogP contribution in [0.4, 0.5) is 4.39 Å². The molecule has 1 rings (SSSR count). The first kappa shape index (κ1) is 15.1. The van der Waals surface area contributed by atoms with Gasteiger partial charge in [0.1, 0.15) is 5.82 Å². The van der Waals surface area contributed by atoms with E-state index < -0.39 is 15.8 Å². The zero-order valence-corrected chi connectivity index (χ0v) is 11.9. The Kier molecular flexibility index (Phi) is 4.47. The van der Waals surface area contributed by atoms with Crippen LogP contribution in [0.25, 0.3) is 0 Å². The van der Waals surface area contributed by atoms with Crippen LogP contribution in [0.3, 0.4) is 0 Å². The van der Waals surface area contributed by atoms with Crippen LogP contribution in [0.2, 0.25) is 0 Å². The first-order chi connectivity index (χ1) is 8.21. The summed E-state index contributed by atoms with van der Waals surface area (Å²) in [7, 11) is -2.21. The van der Waals surface area contributed by atoms with Crippen molar-refractivity contribution in [2.45, 2.75) is 38.3 Å². The number of sulfonamides is 1. The minimum Gasteiger partial charge on any atom is -0.326 e. The van der Waals surface area contributed by atoms with Crippen molar-refractivity contribution in [2.75, 3.05) is 7.05 Å². The predicted molar refractivity (Wildman–Crippen MR) is 69.1 cm³/mol. The van der Waals surface area contributed by atoms with Crippen LogP contribution >= 0.6 is 0 Å². The van der Waals surface area contributed by atoms with Gasteiger partial charge in [-0.15, -0.1) is 0 Å². The van der Waals surface area contributed by atoms with Crippen LogP contribution in [-0.2, 0) is 16.6 Å². The highest BCUT2D eigenvalue weighted by molar-refractivity contribution is 7.89. The second-order valence-electron chi connectivity index (χ2n) is 4.52. The van der Waals surface area contributed by atoms with E-state index in [0.29, 0.717) is 5.56 Å². The number of rotatable bonds is 4. The molecule has 1 aromatic rings. The van der Waals surface area contributed by atoms with Gasteiger partial charge in [0.15, 0.2) is 0 Å². The van der Waals surface area contributed by atoms with Crippen molar-refractivity contribution < 1.29 is 12.8 Å². The third kappa shape index (κ3) is 2.71. The third-order valence-corrected chi connectivity index (χ3v) is 5.14. The lowest BCUT2D eigenvalue weighted by Crippen LogP contribution is -2.33. The molecule has 0 unspecified atom stereocenters. The molecule has 0 spiro atoms. The van der Waals surface area contributed by atoms with Crippen LogP contribution in [-0.4, -0.2) is 25.8 Å². The molecule has 0 saturated heterocycles. The first-order valence-electron chi connectivity index (χ1n) is 5.69. The summed E-state index contributed by atoms with van der Waals surface area (Å²) in [6.45, 7) is 5.08. The summed E-state index contributed by atoms with van der Waals surface area (Å²) in [6.07, 6.45) is 0. The van der Waals surface area contributed by atoms with Crippen LogP contribution in [0.1, 0.15) is 25.0 Å². The molecule has 0 amide bonds. The quantitative estimate of drug-likeness (QED) is 0.907. The van der Waals surface area contributed by atoms with Crippen molar-refractivity contribution in [3.63, 3.8) is 0 Å². The molecule has 102 valence electrons. The molecule has 2 N–H and O–H groups in total. The number of hydrogen-bond acceptors (Lipinski definition) is 3. The summed E-state index contributed by atoms with van der Waals surface area (Å²) in [5.41, 5.74) is 6.03. The Labute approximate surface area is 108 Å². The van der Waals surface area contributed by atoms with Gasteiger partial charge in [-0.25, -0.2) is 12.8 Å². The van der Waals surface area contributed by atoms with Gasteiger partial charge in [-0.1, -0.05) is 0 Å². The fourth-order valence-electron chi connectivity index (χ4n) is 1.53. The molecule has 1 aromatic carbocycles. The lowest BCUT2D eigenvalue weighted by Gasteiger charge is -2.22. The highest BCUT2D eigenvalue weighted by Gasteiger charge is 2.26. The van der Waals surface area contributed by atoms with Gasteiger partial charge >= 0.3 is 0 Å². The first-order valence-corrected chi connectivity index (χ1v) is 7.13. The SMILES string of the molecule is Cc1c(F)cc(CN)cc1S(=O)(=O)N(C)C(C)C. The van der Waals surface area contributed by atoms with E-state index >= 15 is 0 Å². The summed E-state index contributed by atoms with van der Waals surface area (Å²) < 4.78 is 39.6. The summed E-state index contributed by atoms with van der Waals surface area (Å²) >= 11 is 0. The van der Waals surface area contributed by atoms with Gasteiger partial charge < -0.3 is 5.73 Å². The lowest BCUT2D eigenvalue weighted by atomic mass is 10.1. The van der Waals surface area contributed by atoms with Crippen LogP contribution in [0.5, 0.6) is 0 Å².